The number of hydrogen-bond acceptors (Lipinski definition) is 2. The highest BCUT2D eigenvalue weighted by molar-refractivity contribution is 5.74. The van der Waals surface area contributed by atoms with Crippen molar-refractivity contribution in [3.63, 3.8) is 0 Å². The number of rotatable bonds is 0. The summed E-state index contributed by atoms with van der Waals surface area (Å²) in [6, 6.07) is 0. The van der Waals surface area contributed by atoms with Crippen LogP contribution in [0.5, 0.6) is 0 Å². The molecular weight excluding hydrogens is 170 g/mol. The van der Waals surface area contributed by atoms with Gasteiger partial charge in [0.05, 0.1) is 5.39 Å². The van der Waals surface area contributed by atoms with E-state index in [1.165, 1.54) is 0 Å². The zero-order chi connectivity index (χ0) is 9.59. The molecule has 5 heteroatoms. The molecule has 0 spiro atoms. The van der Waals surface area contributed by atoms with Gasteiger partial charge in [0.2, 0.25) is 0 Å². The molecule has 0 fully saturated rings. The third kappa shape index (κ3) is 0.936. The molecule has 0 aliphatic heterocycles. The first-order chi connectivity index (χ1) is 6.09. The summed E-state index contributed by atoms with van der Waals surface area (Å²) in [5.74, 6) is 0. The Morgan fingerprint density at radius 3 is 2.38 bits per heavy atom. The zero-order valence-electron chi connectivity index (χ0n) is 6.73. The lowest BCUT2D eigenvalue weighted by molar-refractivity contribution is 1.07. The van der Waals surface area contributed by atoms with Crippen molar-refractivity contribution in [3.8, 4) is 0 Å². The molecule has 2 aromatic heterocycles. The predicted molar refractivity (Wildman–Crippen MR) is 49.8 cm³/mol. The van der Waals surface area contributed by atoms with Gasteiger partial charge in [0.25, 0.3) is 5.56 Å². The minimum atomic E-state index is -0.543. The van der Waals surface area contributed by atoms with Crippen LogP contribution in [-0.4, -0.2) is 15.0 Å². The average molecular weight is 177 g/mol. The Kier molecular flexibility index (Phi) is 1.30. The first-order valence-electron chi connectivity index (χ1n) is 3.62. The number of fused-ring (bicyclic) bond motifs is 1. The molecule has 0 unspecified atom stereocenters. The molecule has 0 bridgehead atoms. The van der Waals surface area contributed by atoms with E-state index in [9.17, 15) is 9.59 Å². The summed E-state index contributed by atoms with van der Waals surface area (Å²) in [6.45, 7) is 7.30. The van der Waals surface area contributed by atoms with Crippen LogP contribution in [0.4, 0.5) is 0 Å². The highest BCUT2D eigenvalue weighted by Gasteiger charge is 2.02. The molecular formula is C8H7N3O2. The Morgan fingerprint density at radius 2 is 1.69 bits per heavy atom. The molecule has 5 nitrogen and oxygen atoms in total. The van der Waals surface area contributed by atoms with Crippen molar-refractivity contribution in [1.82, 2.24) is 15.0 Å². The van der Waals surface area contributed by atoms with Crippen LogP contribution in [0.3, 0.4) is 0 Å². The third-order valence-corrected chi connectivity index (χ3v) is 1.88. The molecule has 0 radical (unpaired) electrons. The van der Waals surface area contributed by atoms with Gasteiger partial charge in [0.15, 0.2) is 0 Å². The van der Waals surface area contributed by atoms with Gasteiger partial charge in [-0.05, 0) is 0 Å². The predicted octanol–water partition coefficient (Wildman–Crippen LogP) is -1.63. The molecule has 0 saturated heterocycles. The van der Waals surface area contributed by atoms with Gasteiger partial charge >= 0.3 is 5.69 Å². The summed E-state index contributed by atoms with van der Waals surface area (Å²) < 4.78 is 0. The summed E-state index contributed by atoms with van der Waals surface area (Å²) in [5, 5.41) is 1.39. The topological polar surface area (TPSA) is 81.5 Å². The quantitative estimate of drug-likeness (QED) is 0.451. The van der Waals surface area contributed by atoms with E-state index in [-0.39, 0.29) is 0 Å². The van der Waals surface area contributed by atoms with Gasteiger partial charge in [0.1, 0.15) is 5.65 Å². The molecule has 0 saturated carbocycles. The van der Waals surface area contributed by atoms with Crippen molar-refractivity contribution < 1.29 is 0 Å². The second-order valence-corrected chi connectivity index (χ2v) is 2.74. The fourth-order valence-corrected chi connectivity index (χ4v) is 1.25. The van der Waals surface area contributed by atoms with E-state index in [2.05, 4.69) is 28.1 Å². The van der Waals surface area contributed by atoms with Crippen LogP contribution in [0.15, 0.2) is 9.59 Å². The first kappa shape index (κ1) is 7.60. The van der Waals surface area contributed by atoms with Crippen molar-refractivity contribution in [1.29, 1.82) is 0 Å². The highest BCUT2D eigenvalue weighted by atomic mass is 16.2. The Balaban J connectivity index is 3.32. The van der Waals surface area contributed by atoms with Gasteiger partial charge in [-0.3, -0.25) is 14.8 Å². The number of aromatic nitrogens is 3. The molecule has 0 atom stereocenters. The molecule has 13 heavy (non-hydrogen) atoms. The maximum Gasteiger partial charge on any atom is 0.327 e. The number of aromatic amines is 3. The summed E-state index contributed by atoms with van der Waals surface area (Å²) in [6.07, 6.45) is 0. The van der Waals surface area contributed by atoms with Crippen LogP contribution in [0.2, 0.25) is 0 Å². The van der Waals surface area contributed by atoms with Crippen LogP contribution < -0.4 is 21.8 Å². The van der Waals surface area contributed by atoms with Crippen molar-refractivity contribution in [3.05, 3.63) is 31.4 Å². The molecule has 2 heterocycles. The van der Waals surface area contributed by atoms with Crippen LogP contribution in [0.25, 0.3) is 24.2 Å². The van der Waals surface area contributed by atoms with E-state index in [0.29, 0.717) is 21.6 Å². The molecule has 0 aliphatic carbocycles. The van der Waals surface area contributed by atoms with Crippen molar-refractivity contribution in [2.75, 3.05) is 0 Å². The van der Waals surface area contributed by atoms with Crippen molar-refractivity contribution >= 4 is 24.2 Å². The van der Waals surface area contributed by atoms with Crippen LogP contribution in [0.1, 0.15) is 0 Å². The molecule has 66 valence electrons. The number of H-pyrrole nitrogens is 3. The van der Waals surface area contributed by atoms with Crippen LogP contribution in [-0.2, 0) is 0 Å². The highest BCUT2D eigenvalue weighted by Crippen LogP contribution is 1.87. The maximum atomic E-state index is 11.3. The minimum absolute atomic E-state index is 0.351. The van der Waals surface area contributed by atoms with Gasteiger partial charge in [-0.25, -0.2) is 4.79 Å². The van der Waals surface area contributed by atoms with E-state index < -0.39 is 11.2 Å². The second kappa shape index (κ2) is 2.22. The normalized spacial score (nSPS) is 10.8. The fourth-order valence-electron chi connectivity index (χ4n) is 1.25. The number of nitrogens with one attached hydrogen (secondary N) is 3. The SMILES string of the molecule is C=c1[nH]c2[nH]c(=O)[nH]c(=O)c2c1=C. The Labute approximate surface area is 71.4 Å². The third-order valence-electron chi connectivity index (χ3n) is 1.88. The Hall–Kier alpha value is -2.04. The molecule has 0 aromatic carbocycles. The Morgan fingerprint density at radius 1 is 1.00 bits per heavy atom. The summed E-state index contributed by atoms with van der Waals surface area (Å²) >= 11 is 0. The number of hydrogen-bond donors (Lipinski definition) is 3. The van der Waals surface area contributed by atoms with Gasteiger partial charge in [0, 0.05) is 10.6 Å². The minimum Gasteiger partial charge on any atom is -0.341 e. The lowest BCUT2D eigenvalue weighted by Gasteiger charge is -1.85. The smallest absolute Gasteiger partial charge is 0.327 e. The lowest BCUT2D eigenvalue weighted by Crippen LogP contribution is -2.26. The van der Waals surface area contributed by atoms with Crippen LogP contribution in [0, 0.1) is 0 Å². The van der Waals surface area contributed by atoms with E-state index in [0.717, 1.165) is 0 Å². The molecule has 2 aromatic rings. The maximum absolute atomic E-state index is 11.3. The molecule has 0 amide bonds. The lowest BCUT2D eigenvalue weighted by atomic mass is 10.3. The molecule has 3 N–H and O–H groups in total. The largest absolute Gasteiger partial charge is 0.341 e. The van der Waals surface area contributed by atoms with Gasteiger partial charge < -0.3 is 4.98 Å². The zero-order valence-corrected chi connectivity index (χ0v) is 6.73. The molecule has 2 rings (SSSR count). The fraction of sp³-hybridized carbons (Fsp3) is 0. The molecule has 0 aliphatic rings. The van der Waals surface area contributed by atoms with Gasteiger partial charge in [-0.1, -0.05) is 13.2 Å². The van der Waals surface area contributed by atoms with E-state index >= 15 is 0 Å². The summed E-state index contributed by atoms with van der Waals surface area (Å²) in [4.78, 5) is 29.4. The van der Waals surface area contributed by atoms with E-state index in [1.54, 1.807) is 0 Å². The summed E-state index contributed by atoms with van der Waals surface area (Å²) in [7, 11) is 0. The van der Waals surface area contributed by atoms with Crippen molar-refractivity contribution in [2.45, 2.75) is 0 Å². The van der Waals surface area contributed by atoms with Gasteiger partial charge in [-0.2, -0.15) is 0 Å². The second-order valence-electron chi connectivity index (χ2n) is 2.74. The Bertz CT molecular complexity index is 674. The van der Waals surface area contributed by atoms with E-state index in [4.69, 9.17) is 0 Å². The average Bonchev–Trinajstić information content (AvgIpc) is 2.27. The standard InChI is InChI=1S/C8H7N3O2/c1-3-4(2)9-6-5(3)7(12)11-8(13)10-6/h1-2H2,(H3,9,10,11,12,13). The van der Waals surface area contributed by atoms with Crippen LogP contribution >= 0.6 is 0 Å². The van der Waals surface area contributed by atoms with E-state index in [1.807, 2.05) is 0 Å². The monoisotopic (exact) mass is 177 g/mol. The summed E-state index contributed by atoms with van der Waals surface area (Å²) in [5.41, 5.74) is -0.627. The first-order valence-corrected chi connectivity index (χ1v) is 3.62. The van der Waals surface area contributed by atoms with Gasteiger partial charge in [-0.15, -0.1) is 0 Å². The van der Waals surface area contributed by atoms with Crippen molar-refractivity contribution in [2.24, 2.45) is 0 Å².